The average Bonchev–Trinajstić information content (AvgIpc) is 2.53. The van der Waals surface area contributed by atoms with Crippen molar-refractivity contribution in [3.63, 3.8) is 0 Å². The minimum Gasteiger partial charge on any atom is -0.449 e. The lowest BCUT2D eigenvalue weighted by Gasteiger charge is -2.13. The van der Waals surface area contributed by atoms with Crippen molar-refractivity contribution in [3.05, 3.63) is 64.9 Å². The number of nitrogens with zero attached hydrogens (tertiary/aromatic N) is 1. The molecule has 1 N–H and O–H groups in total. The Labute approximate surface area is 133 Å². The maximum absolute atomic E-state index is 11.9. The van der Waals surface area contributed by atoms with Gasteiger partial charge in [-0.3, -0.25) is 4.79 Å². The predicted molar refractivity (Wildman–Crippen MR) is 82.4 cm³/mol. The Balaban J connectivity index is 1.89. The first kappa shape index (κ1) is 16.0. The van der Waals surface area contributed by atoms with E-state index in [2.05, 4.69) is 10.3 Å². The molecule has 2 rings (SSSR count). The second kappa shape index (κ2) is 7.56. The number of hydrogen-bond donors (Lipinski definition) is 1. The van der Waals surface area contributed by atoms with E-state index in [9.17, 15) is 9.59 Å². The molecule has 0 saturated carbocycles. The number of carbonyl (C=O) groups is 2. The summed E-state index contributed by atoms with van der Waals surface area (Å²) in [5.41, 5.74) is 1.09. The Bertz CT molecular complexity index is 661. The normalized spacial score (nSPS) is 11.5. The van der Waals surface area contributed by atoms with Crippen LogP contribution in [0.2, 0.25) is 5.15 Å². The summed E-state index contributed by atoms with van der Waals surface area (Å²) in [6.07, 6.45) is 0.544. The van der Waals surface area contributed by atoms with Crippen LogP contribution in [0.25, 0.3) is 0 Å². The molecular formula is C16H15ClN2O3. The summed E-state index contributed by atoms with van der Waals surface area (Å²) in [6, 6.07) is 12.5. The number of esters is 1. The topological polar surface area (TPSA) is 68.3 Å². The predicted octanol–water partition coefficient (Wildman–Crippen LogP) is 2.60. The highest BCUT2D eigenvalue weighted by Crippen LogP contribution is 2.13. The highest BCUT2D eigenvalue weighted by molar-refractivity contribution is 6.32. The summed E-state index contributed by atoms with van der Waals surface area (Å²) >= 11 is 5.81. The fourth-order valence-electron chi connectivity index (χ4n) is 1.74. The van der Waals surface area contributed by atoms with Crippen molar-refractivity contribution in [2.75, 3.05) is 0 Å². The Kier molecular flexibility index (Phi) is 5.49. The second-order valence-corrected chi connectivity index (χ2v) is 4.95. The average molecular weight is 319 g/mol. The Hall–Kier alpha value is -2.40. The van der Waals surface area contributed by atoms with Crippen LogP contribution in [-0.4, -0.2) is 23.0 Å². The van der Waals surface area contributed by atoms with Gasteiger partial charge in [0.25, 0.3) is 5.91 Å². The van der Waals surface area contributed by atoms with Crippen LogP contribution in [0.15, 0.2) is 48.7 Å². The standard InChI is InChI=1S/C16H15ClN2O3/c1-11(15(20)19-10-12-6-3-2-4-7-12)22-16(21)13-8-5-9-18-14(13)17/h2-9,11H,10H2,1H3,(H,19,20)/t11-/m1/s1. The molecule has 1 aromatic heterocycles. The van der Waals surface area contributed by atoms with E-state index in [-0.39, 0.29) is 16.6 Å². The van der Waals surface area contributed by atoms with Crippen molar-refractivity contribution >= 4 is 23.5 Å². The number of aromatic nitrogens is 1. The van der Waals surface area contributed by atoms with E-state index < -0.39 is 12.1 Å². The van der Waals surface area contributed by atoms with Crippen molar-refractivity contribution in [2.45, 2.75) is 19.6 Å². The summed E-state index contributed by atoms with van der Waals surface area (Å²) in [7, 11) is 0. The number of benzene rings is 1. The number of pyridine rings is 1. The quantitative estimate of drug-likeness (QED) is 0.679. The lowest BCUT2D eigenvalue weighted by molar-refractivity contribution is -0.129. The summed E-state index contributed by atoms with van der Waals surface area (Å²) in [5.74, 6) is -1.06. The van der Waals surface area contributed by atoms with Crippen LogP contribution >= 0.6 is 11.6 Å². The third-order valence-corrected chi connectivity index (χ3v) is 3.24. The first-order valence-corrected chi connectivity index (χ1v) is 7.09. The molecule has 5 nitrogen and oxygen atoms in total. The highest BCUT2D eigenvalue weighted by atomic mass is 35.5. The molecule has 0 aliphatic rings. The number of rotatable bonds is 5. The maximum Gasteiger partial charge on any atom is 0.342 e. The van der Waals surface area contributed by atoms with Gasteiger partial charge in [0, 0.05) is 12.7 Å². The summed E-state index contributed by atoms with van der Waals surface area (Å²) in [4.78, 5) is 27.7. The fraction of sp³-hybridized carbons (Fsp3) is 0.188. The molecule has 2 aromatic rings. The van der Waals surface area contributed by atoms with E-state index in [0.29, 0.717) is 6.54 Å². The van der Waals surface area contributed by atoms with Gasteiger partial charge in [0.1, 0.15) is 5.15 Å². The molecular weight excluding hydrogens is 304 g/mol. The van der Waals surface area contributed by atoms with Gasteiger partial charge in [-0.15, -0.1) is 0 Å². The van der Waals surface area contributed by atoms with Crippen molar-refractivity contribution in [2.24, 2.45) is 0 Å². The van der Waals surface area contributed by atoms with Crippen LogP contribution in [0.1, 0.15) is 22.8 Å². The molecule has 1 aromatic carbocycles. The van der Waals surface area contributed by atoms with E-state index in [1.165, 1.54) is 19.2 Å². The number of halogens is 1. The van der Waals surface area contributed by atoms with Gasteiger partial charge >= 0.3 is 5.97 Å². The third kappa shape index (κ3) is 4.30. The number of carbonyl (C=O) groups excluding carboxylic acids is 2. The maximum atomic E-state index is 11.9. The second-order valence-electron chi connectivity index (χ2n) is 4.59. The number of nitrogens with one attached hydrogen (secondary N) is 1. The van der Waals surface area contributed by atoms with Gasteiger partial charge in [0.15, 0.2) is 6.10 Å². The Morgan fingerprint density at radius 1 is 1.23 bits per heavy atom. The van der Waals surface area contributed by atoms with Crippen LogP contribution in [-0.2, 0) is 16.1 Å². The highest BCUT2D eigenvalue weighted by Gasteiger charge is 2.20. The largest absolute Gasteiger partial charge is 0.449 e. The van der Waals surface area contributed by atoms with Gasteiger partial charge in [0.2, 0.25) is 0 Å². The first-order chi connectivity index (χ1) is 10.6. The monoisotopic (exact) mass is 318 g/mol. The molecule has 1 heterocycles. The Morgan fingerprint density at radius 3 is 2.64 bits per heavy atom. The van der Waals surface area contributed by atoms with Crippen LogP contribution < -0.4 is 5.32 Å². The number of ether oxygens (including phenoxy) is 1. The number of hydrogen-bond acceptors (Lipinski definition) is 4. The molecule has 0 radical (unpaired) electrons. The van der Waals surface area contributed by atoms with E-state index in [1.54, 1.807) is 6.07 Å². The van der Waals surface area contributed by atoms with E-state index >= 15 is 0 Å². The molecule has 1 amide bonds. The van der Waals surface area contributed by atoms with Crippen LogP contribution in [0.5, 0.6) is 0 Å². The first-order valence-electron chi connectivity index (χ1n) is 6.71. The van der Waals surface area contributed by atoms with Gasteiger partial charge in [-0.2, -0.15) is 0 Å². The van der Waals surface area contributed by atoms with Crippen molar-refractivity contribution in [1.29, 1.82) is 0 Å². The van der Waals surface area contributed by atoms with Gasteiger partial charge in [-0.25, -0.2) is 9.78 Å². The smallest absolute Gasteiger partial charge is 0.342 e. The molecule has 0 unspecified atom stereocenters. The molecule has 0 fully saturated rings. The molecule has 0 bridgehead atoms. The lowest BCUT2D eigenvalue weighted by atomic mass is 10.2. The summed E-state index contributed by atoms with van der Waals surface area (Å²) in [5, 5.41) is 2.75. The molecule has 0 saturated heterocycles. The Morgan fingerprint density at radius 2 is 1.95 bits per heavy atom. The minimum absolute atomic E-state index is 0.0457. The van der Waals surface area contributed by atoms with E-state index in [4.69, 9.17) is 16.3 Å². The molecule has 1 atom stereocenters. The molecule has 6 heteroatoms. The molecule has 0 spiro atoms. The molecule has 0 aliphatic carbocycles. The van der Waals surface area contributed by atoms with Crippen molar-refractivity contribution in [3.8, 4) is 0 Å². The van der Waals surface area contributed by atoms with Gasteiger partial charge in [-0.1, -0.05) is 41.9 Å². The molecule has 0 aliphatic heterocycles. The van der Waals surface area contributed by atoms with Crippen molar-refractivity contribution < 1.29 is 14.3 Å². The zero-order valence-corrected chi connectivity index (χ0v) is 12.7. The minimum atomic E-state index is -0.924. The third-order valence-electron chi connectivity index (χ3n) is 2.94. The lowest BCUT2D eigenvalue weighted by Crippen LogP contribution is -2.35. The van der Waals surface area contributed by atoms with Gasteiger partial charge in [-0.05, 0) is 24.6 Å². The zero-order valence-electron chi connectivity index (χ0n) is 12.0. The zero-order chi connectivity index (χ0) is 15.9. The van der Waals surface area contributed by atoms with Crippen LogP contribution in [0.3, 0.4) is 0 Å². The number of amides is 1. The van der Waals surface area contributed by atoms with Crippen LogP contribution in [0, 0.1) is 0 Å². The van der Waals surface area contributed by atoms with Crippen molar-refractivity contribution in [1.82, 2.24) is 10.3 Å². The molecule has 22 heavy (non-hydrogen) atoms. The van der Waals surface area contributed by atoms with E-state index in [1.807, 2.05) is 30.3 Å². The van der Waals surface area contributed by atoms with Gasteiger partial charge in [0.05, 0.1) is 5.56 Å². The summed E-state index contributed by atoms with van der Waals surface area (Å²) < 4.78 is 5.09. The van der Waals surface area contributed by atoms with Crippen LogP contribution in [0.4, 0.5) is 0 Å². The van der Waals surface area contributed by atoms with Gasteiger partial charge < -0.3 is 10.1 Å². The summed E-state index contributed by atoms with van der Waals surface area (Å²) in [6.45, 7) is 1.87. The molecule has 114 valence electrons. The van der Waals surface area contributed by atoms with E-state index in [0.717, 1.165) is 5.56 Å². The SMILES string of the molecule is C[C@@H](OC(=O)c1cccnc1Cl)C(=O)NCc1ccccc1. The fourth-order valence-corrected chi connectivity index (χ4v) is 1.94.